The fourth-order valence-electron chi connectivity index (χ4n) is 2.33. The van der Waals surface area contributed by atoms with Crippen LogP contribution in [0.25, 0.3) is 0 Å². The van der Waals surface area contributed by atoms with Gasteiger partial charge in [0.25, 0.3) is 0 Å². The minimum Gasteiger partial charge on any atom is -0.316 e. The summed E-state index contributed by atoms with van der Waals surface area (Å²) >= 11 is 1.92. The lowest BCUT2D eigenvalue weighted by atomic mass is 10.0. The highest BCUT2D eigenvalue weighted by Gasteiger charge is 2.12. The van der Waals surface area contributed by atoms with Gasteiger partial charge in [-0.25, -0.2) is 9.97 Å². The van der Waals surface area contributed by atoms with E-state index in [1.54, 1.807) is 0 Å². The Morgan fingerprint density at radius 3 is 2.10 bits per heavy atom. The van der Waals surface area contributed by atoms with Gasteiger partial charge in [0.2, 0.25) is 0 Å². The van der Waals surface area contributed by atoms with Gasteiger partial charge in [-0.3, -0.25) is 0 Å². The summed E-state index contributed by atoms with van der Waals surface area (Å²) < 4.78 is 0. The number of hydrogen-bond acceptors (Lipinski definition) is 4. The van der Waals surface area contributed by atoms with Crippen LogP contribution in [0.15, 0.2) is 0 Å². The zero-order chi connectivity index (χ0) is 15.7. The van der Waals surface area contributed by atoms with Crippen molar-refractivity contribution in [3.8, 4) is 0 Å². The first-order valence-electron chi connectivity index (χ1n) is 8.32. The van der Waals surface area contributed by atoms with Crippen LogP contribution in [0.1, 0.15) is 63.8 Å². The molecular formula is C17H31N3S. The number of aryl methyl sites for hydroxylation is 2. The number of hydrogen-bond donors (Lipinski definition) is 1. The van der Waals surface area contributed by atoms with Crippen LogP contribution in [0.3, 0.4) is 0 Å². The predicted octanol–water partition coefficient (Wildman–Crippen LogP) is 3.79. The van der Waals surface area contributed by atoms with Crippen molar-refractivity contribution in [2.75, 3.05) is 13.1 Å². The summed E-state index contributed by atoms with van der Waals surface area (Å²) in [5.74, 6) is 1.93. The normalized spacial score (nSPS) is 11.3. The third-order valence-electron chi connectivity index (χ3n) is 3.42. The second-order valence-electron chi connectivity index (χ2n) is 5.58. The fourth-order valence-corrected chi connectivity index (χ4v) is 2.94. The van der Waals surface area contributed by atoms with Gasteiger partial charge in [-0.05, 0) is 49.6 Å². The Labute approximate surface area is 134 Å². The number of nitrogens with one attached hydrogen (secondary N) is 1. The minimum absolute atomic E-state index is 0.627. The first-order chi connectivity index (χ1) is 10.1. The molecule has 3 nitrogen and oxygen atoms in total. The average molecular weight is 310 g/mol. The minimum atomic E-state index is 0.627. The van der Waals surface area contributed by atoms with E-state index in [-0.39, 0.29) is 0 Å². The number of nitrogens with zero attached hydrogens (tertiary/aromatic N) is 2. The summed E-state index contributed by atoms with van der Waals surface area (Å²) in [7, 11) is 0. The van der Waals surface area contributed by atoms with Crippen molar-refractivity contribution in [3.63, 3.8) is 0 Å². The first-order valence-corrected chi connectivity index (χ1v) is 9.36. The largest absolute Gasteiger partial charge is 0.316 e. The smallest absolute Gasteiger partial charge is 0.138 e. The number of thioether (sulfide) groups is 1. The highest BCUT2D eigenvalue weighted by molar-refractivity contribution is 7.99. The molecule has 0 saturated heterocycles. The van der Waals surface area contributed by atoms with E-state index in [0.29, 0.717) is 5.25 Å². The molecule has 0 saturated carbocycles. The van der Waals surface area contributed by atoms with Crippen molar-refractivity contribution in [2.45, 2.75) is 71.3 Å². The fraction of sp³-hybridized carbons (Fsp3) is 0.765. The first kappa shape index (κ1) is 18.4. The molecule has 0 aromatic carbocycles. The molecule has 1 aromatic heterocycles. The topological polar surface area (TPSA) is 37.8 Å². The maximum atomic E-state index is 4.81. The lowest BCUT2D eigenvalue weighted by molar-refractivity contribution is 0.661. The molecule has 21 heavy (non-hydrogen) atoms. The molecule has 0 fully saturated rings. The second-order valence-corrected chi connectivity index (χ2v) is 7.14. The summed E-state index contributed by atoms with van der Waals surface area (Å²) in [6.45, 7) is 13.2. The van der Waals surface area contributed by atoms with Gasteiger partial charge >= 0.3 is 0 Å². The SMILES string of the molecule is CCCNCCc1c(CC)nc(CSC(C)C)nc1CC. The van der Waals surface area contributed by atoms with Gasteiger partial charge in [-0.1, -0.05) is 34.6 Å². The third-order valence-corrected chi connectivity index (χ3v) is 4.51. The molecule has 1 heterocycles. The zero-order valence-electron chi connectivity index (χ0n) is 14.3. The summed E-state index contributed by atoms with van der Waals surface area (Å²) in [5.41, 5.74) is 3.88. The molecule has 120 valence electrons. The molecule has 0 aliphatic heterocycles. The van der Waals surface area contributed by atoms with Crippen molar-refractivity contribution in [1.82, 2.24) is 15.3 Å². The Morgan fingerprint density at radius 2 is 1.62 bits per heavy atom. The van der Waals surface area contributed by atoms with Crippen LogP contribution >= 0.6 is 11.8 Å². The molecule has 1 rings (SSSR count). The molecule has 0 aliphatic carbocycles. The van der Waals surface area contributed by atoms with Crippen molar-refractivity contribution < 1.29 is 0 Å². The molecule has 0 unspecified atom stereocenters. The number of aromatic nitrogens is 2. The maximum Gasteiger partial charge on any atom is 0.138 e. The van der Waals surface area contributed by atoms with Crippen molar-refractivity contribution in [2.24, 2.45) is 0 Å². The lowest BCUT2D eigenvalue weighted by Crippen LogP contribution is -2.20. The summed E-state index contributed by atoms with van der Waals surface area (Å²) in [6, 6.07) is 0. The van der Waals surface area contributed by atoms with Gasteiger partial charge in [0.1, 0.15) is 5.82 Å². The second kappa shape index (κ2) is 10.2. The molecule has 1 aromatic rings. The monoisotopic (exact) mass is 309 g/mol. The van der Waals surface area contributed by atoms with Gasteiger partial charge in [-0.15, -0.1) is 0 Å². The van der Waals surface area contributed by atoms with E-state index in [2.05, 4.69) is 39.9 Å². The van der Waals surface area contributed by atoms with Gasteiger partial charge in [-0.2, -0.15) is 11.8 Å². The van der Waals surface area contributed by atoms with Gasteiger partial charge in [0, 0.05) is 11.4 Å². The Kier molecular flexibility index (Phi) is 8.93. The van der Waals surface area contributed by atoms with E-state index in [9.17, 15) is 0 Å². The molecule has 0 bridgehead atoms. The average Bonchev–Trinajstić information content (AvgIpc) is 2.49. The Hall–Kier alpha value is -0.610. The van der Waals surface area contributed by atoms with Crippen molar-refractivity contribution in [1.29, 1.82) is 0 Å². The van der Waals surface area contributed by atoms with E-state index in [1.807, 2.05) is 11.8 Å². The summed E-state index contributed by atoms with van der Waals surface area (Å²) in [5, 5.41) is 4.11. The molecule has 0 aliphatic rings. The number of rotatable bonds is 10. The van der Waals surface area contributed by atoms with Crippen LogP contribution in [0.4, 0.5) is 0 Å². The molecular weight excluding hydrogens is 278 g/mol. The van der Waals surface area contributed by atoms with E-state index in [1.165, 1.54) is 23.4 Å². The van der Waals surface area contributed by atoms with Crippen LogP contribution in [0, 0.1) is 0 Å². The van der Waals surface area contributed by atoms with Crippen LogP contribution in [0.5, 0.6) is 0 Å². The summed E-state index contributed by atoms with van der Waals surface area (Å²) in [6.07, 6.45) is 4.23. The third kappa shape index (κ3) is 6.35. The summed E-state index contributed by atoms with van der Waals surface area (Å²) in [4.78, 5) is 9.62. The highest BCUT2D eigenvalue weighted by atomic mass is 32.2. The van der Waals surface area contributed by atoms with Crippen molar-refractivity contribution in [3.05, 3.63) is 22.8 Å². The molecule has 1 N–H and O–H groups in total. The van der Waals surface area contributed by atoms with Gasteiger partial charge < -0.3 is 5.32 Å². The van der Waals surface area contributed by atoms with E-state index in [4.69, 9.17) is 9.97 Å². The lowest BCUT2D eigenvalue weighted by Gasteiger charge is -2.14. The van der Waals surface area contributed by atoms with E-state index in [0.717, 1.165) is 43.9 Å². The van der Waals surface area contributed by atoms with Crippen LogP contribution < -0.4 is 5.32 Å². The molecule has 0 amide bonds. The predicted molar refractivity (Wildman–Crippen MR) is 94.1 cm³/mol. The van der Waals surface area contributed by atoms with Crippen LogP contribution in [-0.4, -0.2) is 28.3 Å². The molecule has 0 atom stereocenters. The Balaban J connectivity index is 2.85. The standard InChI is InChI=1S/C17H31N3S/c1-6-10-18-11-9-14-15(7-2)19-17(12-21-13(4)5)20-16(14)8-3/h13,18H,6-12H2,1-5H3. The van der Waals surface area contributed by atoms with Crippen molar-refractivity contribution >= 4 is 11.8 Å². The van der Waals surface area contributed by atoms with Crippen LogP contribution in [-0.2, 0) is 25.0 Å². The molecule has 0 spiro atoms. The van der Waals surface area contributed by atoms with Gasteiger partial charge in [0.15, 0.2) is 0 Å². The quantitative estimate of drug-likeness (QED) is 0.667. The highest BCUT2D eigenvalue weighted by Crippen LogP contribution is 2.19. The van der Waals surface area contributed by atoms with Gasteiger partial charge in [0.05, 0.1) is 5.75 Å². The van der Waals surface area contributed by atoms with Crippen LogP contribution in [0.2, 0.25) is 0 Å². The molecule has 0 radical (unpaired) electrons. The maximum absolute atomic E-state index is 4.81. The van der Waals surface area contributed by atoms with E-state index >= 15 is 0 Å². The molecule has 4 heteroatoms. The Morgan fingerprint density at radius 1 is 1.00 bits per heavy atom. The van der Waals surface area contributed by atoms with E-state index < -0.39 is 0 Å². The zero-order valence-corrected chi connectivity index (χ0v) is 15.1. The Bertz CT molecular complexity index is 393.